The summed E-state index contributed by atoms with van der Waals surface area (Å²) in [7, 11) is 0. The minimum Gasteiger partial charge on any atom is -0.504 e. The first-order valence-electron chi connectivity index (χ1n) is 8.14. The maximum atomic E-state index is 12.1. The fourth-order valence-corrected chi connectivity index (χ4v) is 2.27. The molecule has 2 aromatic carbocycles. The average Bonchev–Trinajstić information content (AvgIpc) is 2.63. The van der Waals surface area contributed by atoms with Gasteiger partial charge in [0.1, 0.15) is 12.6 Å². The van der Waals surface area contributed by atoms with Crippen molar-refractivity contribution < 1.29 is 29.3 Å². The highest BCUT2D eigenvalue weighted by molar-refractivity contribution is 5.81. The van der Waals surface area contributed by atoms with E-state index in [0.717, 1.165) is 5.56 Å². The molecule has 0 bridgehead atoms. The topological polar surface area (TPSA) is 105 Å². The van der Waals surface area contributed by atoms with E-state index in [1.165, 1.54) is 18.2 Å². The lowest BCUT2D eigenvalue weighted by molar-refractivity contribution is -0.145. The van der Waals surface area contributed by atoms with Gasteiger partial charge < -0.3 is 25.0 Å². The molecule has 26 heavy (non-hydrogen) atoms. The molecule has 1 amide bonds. The van der Waals surface area contributed by atoms with Gasteiger partial charge in [0.15, 0.2) is 11.5 Å². The molecule has 0 saturated carbocycles. The summed E-state index contributed by atoms with van der Waals surface area (Å²) in [6, 6.07) is 12.3. The maximum Gasteiger partial charge on any atom is 0.408 e. The highest BCUT2D eigenvalue weighted by Gasteiger charge is 2.23. The number of alkyl carbamates (subject to hydrolysis) is 1. The van der Waals surface area contributed by atoms with Gasteiger partial charge in [0.05, 0.1) is 6.61 Å². The predicted molar refractivity (Wildman–Crippen MR) is 93.7 cm³/mol. The van der Waals surface area contributed by atoms with Crippen LogP contribution >= 0.6 is 0 Å². The molecular weight excluding hydrogens is 338 g/mol. The standard InChI is InChI=1S/C19H21NO6/c1-2-25-18(23)15(10-14-8-9-16(21)17(22)11-14)20-19(24)26-12-13-6-4-3-5-7-13/h3-9,11,15,21-22H,2,10,12H2,1H3,(H,20,24). The lowest BCUT2D eigenvalue weighted by Crippen LogP contribution is -2.43. The minimum atomic E-state index is -0.984. The molecule has 0 aliphatic rings. The van der Waals surface area contributed by atoms with E-state index in [1.807, 2.05) is 30.3 Å². The van der Waals surface area contributed by atoms with Gasteiger partial charge in [0.25, 0.3) is 0 Å². The largest absolute Gasteiger partial charge is 0.504 e. The van der Waals surface area contributed by atoms with E-state index >= 15 is 0 Å². The Bertz CT molecular complexity index is 747. The molecule has 3 N–H and O–H groups in total. The number of benzene rings is 2. The Labute approximate surface area is 151 Å². The minimum absolute atomic E-state index is 0.0716. The number of phenolic OH excluding ortho intramolecular Hbond substituents is 2. The normalized spacial score (nSPS) is 11.4. The number of esters is 1. The first-order chi connectivity index (χ1) is 12.5. The van der Waals surface area contributed by atoms with E-state index in [1.54, 1.807) is 6.92 Å². The van der Waals surface area contributed by atoms with Crippen molar-refractivity contribution in [2.45, 2.75) is 26.0 Å². The number of nitrogens with one attached hydrogen (secondary N) is 1. The van der Waals surface area contributed by atoms with Crippen LogP contribution < -0.4 is 5.32 Å². The van der Waals surface area contributed by atoms with E-state index in [-0.39, 0.29) is 31.1 Å². The predicted octanol–water partition coefficient (Wildman–Crippen LogP) is 2.50. The molecule has 0 spiro atoms. The Kier molecular flexibility index (Phi) is 6.84. The first-order valence-corrected chi connectivity index (χ1v) is 8.14. The van der Waals surface area contributed by atoms with Crippen molar-refractivity contribution in [3.8, 4) is 11.5 Å². The molecular formula is C19H21NO6. The number of amides is 1. The Morgan fingerprint density at radius 2 is 1.73 bits per heavy atom. The van der Waals surface area contributed by atoms with E-state index < -0.39 is 18.1 Å². The molecule has 138 valence electrons. The Morgan fingerprint density at radius 3 is 2.38 bits per heavy atom. The van der Waals surface area contributed by atoms with Crippen LogP contribution in [-0.2, 0) is 27.3 Å². The lowest BCUT2D eigenvalue weighted by Gasteiger charge is -2.17. The summed E-state index contributed by atoms with van der Waals surface area (Å²) in [4.78, 5) is 24.1. The van der Waals surface area contributed by atoms with Crippen molar-refractivity contribution in [2.24, 2.45) is 0 Å². The van der Waals surface area contributed by atoms with Gasteiger partial charge in [-0.25, -0.2) is 9.59 Å². The second-order valence-corrected chi connectivity index (χ2v) is 5.54. The Balaban J connectivity index is 2.00. The smallest absolute Gasteiger partial charge is 0.408 e. The van der Waals surface area contributed by atoms with Crippen molar-refractivity contribution in [3.05, 3.63) is 59.7 Å². The number of phenols is 2. The summed E-state index contributed by atoms with van der Waals surface area (Å²) < 4.78 is 10.1. The molecule has 7 heteroatoms. The molecule has 7 nitrogen and oxygen atoms in total. The fraction of sp³-hybridized carbons (Fsp3) is 0.263. The summed E-state index contributed by atoms with van der Waals surface area (Å²) in [6.45, 7) is 1.90. The SMILES string of the molecule is CCOC(=O)C(Cc1ccc(O)c(O)c1)NC(=O)OCc1ccccc1. The zero-order valence-corrected chi connectivity index (χ0v) is 14.3. The van der Waals surface area contributed by atoms with Crippen LogP contribution in [0.1, 0.15) is 18.1 Å². The molecule has 2 aromatic rings. The van der Waals surface area contributed by atoms with Gasteiger partial charge in [-0.3, -0.25) is 0 Å². The molecule has 0 aliphatic carbocycles. The first kappa shape index (κ1) is 19.1. The monoisotopic (exact) mass is 359 g/mol. The average molecular weight is 359 g/mol. The zero-order valence-electron chi connectivity index (χ0n) is 14.3. The van der Waals surface area contributed by atoms with Crippen molar-refractivity contribution in [3.63, 3.8) is 0 Å². The summed E-state index contributed by atoms with van der Waals surface area (Å²) >= 11 is 0. The molecule has 1 unspecified atom stereocenters. The van der Waals surface area contributed by atoms with E-state index in [4.69, 9.17) is 9.47 Å². The van der Waals surface area contributed by atoms with Crippen LogP contribution in [-0.4, -0.2) is 34.9 Å². The van der Waals surface area contributed by atoms with Crippen LogP contribution in [0, 0.1) is 0 Å². The van der Waals surface area contributed by atoms with Gasteiger partial charge in [0, 0.05) is 6.42 Å². The number of carbonyl (C=O) groups excluding carboxylic acids is 2. The van der Waals surface area contributed by atoms with Crippen molar-refractivity contribution in [1.82, 2.24) is 5.32 Å². The van der Waals surface area contributed by atoms with Crippen LogP contribution in [0.25, 0.3) is 0 Å². The van der Waals surface area contributed by atoms with Crippen LogP contribution in [0.4, 0.5) is 4.79 Å². The van der Waals surface area contributed by atoms with Gasteiger partial charge >= 0.3 is 12.1 Å². The molecule has 0 heterocycles. The van der Waals surface area contributed by atoms with Crippen molar-refractivity contribution in [2.75, 3.05) is 6.61 Å². The highest BCUT2D eigenvalue weighted by atomic mass is 16.6. The number of ether oxygens (including phenoxy) is 2. The van der Waals surface area contributed by atoms with Crippen molar-refractivity contribution in [1.29, 1.82) is 0 Å². The van der Waals surface area contributed by atoms with Gasteiger partial charge in [-0.1, -0.05) is 36.4 Å². The van der Waals surface area contributed by atoms with Gasteiger partial charge in [0.2, 0.25) is 0 Å². The molecule has 0 aliphatic heterocycles. The van der Waals surface area contributed by atoms with Crippen LogP contribution in [0.2, 0.25) is 0 Å². The summed E-state index contributed by atoms with van der Waals surface area (Å²) in [5, 5.41) is 21.4. The van der Waals surface area contributed by atoms with Gasteiger partial charge in [-0.15, -0.1) is 0 Å². The second-order valence-electron chi connectivity index (χ2n) is 5.54. The molecule has 2 rings (SSSR count). The Hall–Kier alpha value is -3.22. The number of hydrogen-bond acceptors (Lipinski definition) is 6. The van der Waals surface area contributed by atoms with Gasteiger partial charge in [-0.05, 0) is 30.2 Å². The number of rotatable bonds is 7. The second kappa shape index (κ2) is 9.31. The Morgan fingerprint density at radius 1 is 1.00 bits per heavy atom. The molecule has 0 radical (unpaired) electrons. The van der Waals surface area contributed by atoms with E-state index in [9.17, 15) is 19.8 Å². The number of hydrogen-bond donors (Lipinski definition) is 3. The molecule has 0 fully saturated rings. The summed E-state index contributed by atoms with van der Waals surface area (Å²) in [6.07, 6.45) is -0.678. The van der Waals surface area contributed by atoms with Crippen molar-refractivity contribution >= 4 is 12.1 Å². The third kappa shape index (κ3) is 5.70. The van der Waals surface area contributed by atoms with Crippen LogP contribution in [0.3, 0.4) is 0 Å². The number of aromatic hydroxyl groups is 2. The number of carbonyl (C=O) groups is 2. The van der Waals surface area contributed by atoms with E-state index in [0.29, 0.717) is 5.56 Å². The fourth-order valence-electron chi connectivity index (χ4n) is 2.27. The molecule has 0 aromatic heterocycles. The lowest BCUT2D eigenvalue weighted by atomic mass is 10.1. The molecule has 0 saturated heterocycles. The van der Waals surface area contributed by atoms with Crippen LogP contribution in [0.15, 0.2) is 48.5 Å². The third-order valence-corrected chi connectivity index (χ3v) is 3.56. The zero-order chi connectivity index (χ0) is 18.9. The van der Waals surface area contributed by atoms with E-state index in [2.05, 4.69) is 5.32 Å². The summed E-state index contributed by atoms with van der Waals surface area (Å²) in [5.74, 6) is -1.19. The molecule has 1 atom stereocenters. The maximum absolute atomic E-state index is 12.1. The summed E-state index contributed by atoms with van der Waals surface area (Å²) in [5.41, 5.74) is 1.36. The quantitative estimate of drug-likeness (QED) is 0.518. The third-order valence-electron chi connectivity index (χ3n) is 3.56. The highest BCUT2D eigenvalue weighted by Crippen LogP contribution is 2.25. The van der Waals surface area contributed by atoms with Gasteiger partial charge in [-0.2, -0.15) is 0 Å². The van der Waals surface area contributed by atoms with Crippen LogP contribution in [0.5, 0.6) is 11.5 Å².